The topological polar surface area (TPSA) is 45.0 Å². The first kappa shape index (κ1) is 12.7. The number of benzene rings is 1. The maximum Gasteiger partial charge on any atom is 0.121 e. The summed E-state index contributed by atoms with van der Waals surface area (Å²) in [6, 6.07) is 7.69. The smallest absolute Gasteiger partial charge is 0.121 e. The lowest BCUT2D eigenvalue weighted by Gasteiger charge is -2.16. The lowest BCUT2D eigenvalue weighted by atomic mass is 10.1. The monoisotopic (exact) mass is 238 g/mol. The van der Waals surface area contributed by atoms with E-state index in [0.717, 1.165) is 17.9 Å². The van der Waals surface area contributed by atoms with Crippen molar-refractivity contribution in [1.82, 2.24) is 0 Å². The quantitative estimate of drug-likeness (QED) is 0.855. The normalized spacial score (nSPS) is 11.6. The number of nitrogens with one attached hydrogen (secondary N) is 1. The van der Waals surface area contributed by atoms with Gasteiger partial charge < -0.3 is 10.1 Å². The maximum atomic E-state index is 8.67. The van der Waals surface area contributed by atoms with E-state index < -0.39 is 0 Å². The average molecular weight is 239 g/mol. The van der Waals surface area contributed by atoms with Crippen molar-refractivity contribution in [3.05, 3.63) is 23.2 Å². The Bertz CT molecular complexity index is 387. The molecule has 86 valence electrons. The fourth-order valence-corrected chi connectivity index (χ4v) is 1.54. The van der Waals surface area contributed by atoms with Gasteiger partial charge in [0.25, 0.3) is 0 Å². The van der Waals surface area contributed by atoms with Gasteiger partial charge in [-0.2, -0.15) is 5.26 Å². The third-order valence-electron chi connectivity index (χ3n) is 2.36. The summed E-state index contributed by atoms with van der Waals surface area (Å²) in [5.74, 6) is 0.749. The third kappa shape index (κ3) is 3.32. The summed E-state index contributed by atoms with van der Waals surface area (Å²) in [5, 5.41) is 12.5. The molecule has 0 spiro atoms. The number of ether oxygens (including phenoxy) is 1. The van der Waals surface area contributed by atoms with Crippen LogP contribution in [0.1, 0.15) is 19.8 Å². The van der Waals surface area contributed by atoms with E-state index in [0.29, 0.717) is 11.4 Å². The van der Waals surface area contributed by atoms with Crippen LogP contribution < -0.4 is 10.1 Å². The molecule has 1 aromatic rings. The van der Waals surface area contributed by atoms with Crippen LogP contribution in [0.15, 0.2) is 18.2 Å². The van der Waals surface area contributed by atoms with E-state index in [-0.39, 0.29) is 6.04 Å². The predicted octanol–water partition coefficient (Wildman–Crippen LogP) is 3.45. The second-order valence-corrected chi connectivity index (χ2v) is 3.86. The minimum atomic E-state index is 0.120. The molecule has 0 aliphatic carbocycles. The Balaban J connectivity index is 2.82. The third-order valence-corrected chi connectivity index (χ3v) is 2.69. The molecular formula is C12H15ClN2O. The van der Waals surface area contributed by atoms with E-state index in [1.165, 1.54) is 0 Å². The average Bonchev–Trinajstić information content (AvgIpc) is 2.31. The molecule has 1 N–H and O–H groups in total. The van der Waals surface area contributed by atoms with Crippen LogP contribution >= 0.6 is 11.6 Å². The van der Waals surface area contributed by atoms with E-state index in [1.807, 2.05) is 13.0 Å². The fraction of sp³-hybridized carbons (Fsp3) is 0.417. The van der Waals surface area contributed by atoms with Crippen LogP contribution in [0.5, 0.6) is 5.75 Å². The minimum Gasteiger partial charge on any atom is -0.497 e. The van der Waals surface area contributed by atoms with E-state index >= 15 is 0 Å². The Morgan fingerprint density at radius 3 is 2.88 bits per heavy atom. The van der Waals surface area contributed by atoms with Gasteiger partial charge in [-0.15, -0.1) is 0 Å². The van der Waals surface area contributed by atoms with Gasteiger partial charge in [-0.3, -0.25) is 0 Å². The van der Waals surface area contributed by atoms with E-state index in [4.69, 9.17) is 21.6 Å². The molecule has 3 nitrogen and oxygen atoms in total. The van der Waals surface area contributed by atoms with Crippen molar-refractivity contribution in [3.63, 3.8) is 0 Å². The molecule has 4 heteroatoms. The lowest BCUT2D eigenvalue weighted by molar-refractivity contribution is 0.415. The highest BCUT2D eigenvalue weighted by Crippen LogP contribution is 2.27. The van der Waals surface area contributed by atoms with Crippen LogP contribution in [0.3, 0.4) is 0 Å². The van der Waals surface area contributed by atoms with Crippen LogP contribution in [-0.2, 0) is 0 Å². The zero-order valence-corrected chi connectivity index (χ0v) is 10.2. The number of rotatable bonds is 5. The molecular weight excluding hydrogens is 224 g/mol. The largest absolute Gasteiger partial charge is 0.497 e. The summed E-state index contributed by atoms with van der Waals surface area (Å²) in [6.45, 7) is 2.03. The highest BCUT2D eigenvalue weighted by atomic mass is 35.5. The Hall–Kier alpha value is -1.40. The Morgan fingerprint density at radius 2 is 2.31 bits per heavy atom. The zero-order chi connectivity index (χ0) is 12.0. The molecule has 0 saturated heterocycles. The molecule has 0 bridgehead atoms. The van der Waals surface area contributed by atoms with E-state index in [9.17, 15) is 0 Å². The molecule has 0 heterocycles. The molecule has 16 heavy (non-hydrogen) atoms. The highest BCUT2D eigenvalue weighted by Gasteiger charge is 2.08. The van der Waals surface area contributed by atoms with Crippen molar-refractivity contribution in [2.45, 2.75) is 25.8 Å². The molecule has 0 fully saturated rings. The van der Waals surface area contributed by atoms with Crippen molar-refractivity contribution in [2.75, 3.05) is 12.4 Å². The van der Waals surface area contributed by atoms with Gasteiger partial charge in [-0.25, -0.2) is 0 Å². The molecule has 0 aromatic heterocycles. The number of nitrogens with zero attached hydrogens (tertiary/aromatic N) is 1. The Morgan fingerprint density at radius 1 is 1.56 bits per heavy atom. The van der Waals surface area contributed by atoms with Gasteiger partial charge in [-0.1, -0.05) is 18.5 Å². The molecule has 0 aliphatic rings. The van der Waals surface area contributed by atoms with Crippen LogP contribution in [0.25, 0.3) is 0 Å². The van der Waals surface area contributed by atoms with Gasteiger partial charge in [0.15, 0.2) is 0 Å². The second-order valence-electron chi connectivity index (χ2n) is 3.46. The van der Waals surface area contributed by atoms with Gasteiger partial charge in [0.2, 0.25) is 0 Å². The van der Waals surface area contributed by atoms with Crippen molar-refractivity contribution in [2.24, 2.45) is 0 Å². The first-order valence-electron chi connectivity index (χ1n) is 5.18. The molecule has 1 rings (SSSR count). The molecule has 1 atom stereocenters. The van der Waals surface area contributed by atoms with Gasteiger partial charge in [0.1, 0.15) is 5.75 Å². The first-order valence-corrected chi connectivity index (χ1v) is 5.56. The van der Waals surface area contributed by atoms with Crippen LogP contribution in [-0.4, -0.2) is 13.2 Å². The molecule has 0 radical (unpaired) electrons. The first-order chi connectivity index (χ1) is 7.71. The Kier molecular flexibility index (Phi) is 4.94. The number of methoxy groups -OCH3 is 1. The summed E-state index contributed by atoms with van der Waals surface area (Å²) in [7, 11) is 1.61. The number of nitriles is 1. The molecule has 0 aliphatic heterocycles. The van der Waals surface area contributed by atoms with Crippen LogP contribution in [0.4, 0.5) is 5.69 Å². The number of halogens is 1. The molecule has 1 aromatic carbocycles. The van der Waals surface area contributed by atoms with Crippen molar-refractivity contribution in [1.29, 1.82) is 5.26 Å². The van der Waals surface area contributed by atoms with Crippen LogP contribution in [0.2, 0.25) is 5.02 Å². The molecule has 0 amide bonds. The van der Waals surface area contributed by atoms with Gasteiger partial charge >= 0.3 is 0 Å². The molecule has 1 unspecified atom stereocenters. The predicted molar refractivity (Wildman–Crippen MR) is 65.9 cm³/mol. The fourth-order valence-electron chi connectivity index (χ4n) is 1.37. The minimum absolute atomic E-state index is 0.120. The van der Waals surface area contributed by atoms with Gasteiger partial charge in [0, 0.05) is 12.1 Å². The van der Waals surface area contributed by atoms with E-state index in [2.05, 4.69) is 11.4 Å². The highest BCUT2D eigenvalue weighted by molar-refractivity contribution is 6.33. The maximum absolute atomic E-state index is 8.67. The Labute approximate surface area is 101 Å². The summed E-state index contributed by atoms with van der Waals surface area (Å²) in [5.41, 5.74) is 0.808. The van der Waals surface area contributed by atoms with Gasteiger partial charge in [0.05, 0.1) is 30.3 Å². The zero-order valence-electron chi connectivity index (χ0n) is 9.46. The van der Waals surface area contributed by atoms with Crippen molar-refractivity contribution >= 4 is 17.3 Å². The van der Waals surface area contributed by atoms with E-state index in [1.54, 1.807) is 19.2 Å². The summed E-state index contributed by atoms with van der Waals surface area (Å²) >= 11 is 6.05. The summed E-state index contributed by atoms with van der Waals surface area (Å²) in [6.07, 6.45) is 1.34. The van der Waals surface area contributed by atoms with Crippen LogP contribution in [0, 0.1) is 11.3 Å². The lowest BCUT2D eigenvalue weighted by Crippen LogP contribution is -2.17. The second kappa shape index (κ2) is 6.24. The standard InChI is InChI=1S/C12H15ClN2O/c1-3-9(6-7-14)15-12-8-10(16-2)4-5-11(12)13/h4-5,8-9,15H,3,6H2,1-2H3. The molecule has 0 saturated carbocycles. The number of anilines is 1. The number of hydrogen-bond acceptors (Lipinski definition) is 3. The van der Waals surface area contributed by atoms with Crippen molar-refractivity contribution < 1.29 is 4.74 Å². The summed E-state index contributed by atoms with van der Waals surface area (Å²) < 4.78 is 5.12. The van der Waals surface area contributed by atoms with Crippen molar-refractivity contribution in [3.8, 4) is 11.8 Å². The number of hydrogen-bond donors (Lipinski definition) is 1. The summed E-state index contributed by atoms with van der Waals surface area (Å²) in [4.78, 5) is 0. The van der Waals surface area contributed by atoms with Gasteiger partial charge in [-0.05, 0) is 18.6 Å². The SMILES string of the molecule is CCC(CC#N)Nc1cc(OC)ccc1Cl.